The van der Waals surface area contributed by atoms with Crippen molar-refractivity contribution < 1.29 is 9.53 Å². The SMILES string of the molecule is Cc1cnc(NC(=O)CCCOc2ccc(C#N)c(C)c2)s1. The summed E-state index contributed by atoms with van der Waals surface area (Å²) in [6.45, 7) is 4.27. The lowest BCUT2D eigenvalue weighted by Gasteiger charge is -2.07. The van der Waals surface area contributed by atoms with E-state index in [2.05, 4.69) is 16.4 Å². The number of thiazole rings is 1. The molecule has 0 fully saturated rings. The number of carbonyl (C=O) groups excluding carboxylic acids is 1. The van der Waals surface area contributed by atoms with Crippen molar-refractivity contribution in [2.75, 3.05) is 11.9 Å². The van der Waals surface area contributed by atoms with Gasteiger partial charge in [0.1, 0.15) is 5.75 Å². The number of hydrogen-bond acceptors (Lipinski definition) is 5. The zero-order valence-electron chi connectivity index (χ0n) is 12.5. The van der Waals surface area contributed by atoms with Crippen LogP contribution in [0.5, 0.6) is 5.75 Å². The summed E-state index contributed by atoms with van der Waals surface area (Å²) in [5.41, 5.74) is 1.53. The number of nitriles is 1. The summed E-state index contributed by atoms with van der Waals surface area (Å²) in [6.07, 6.45) is 2.74. The van der Waals surface area contributed by atoms with Crippen molar-refractivity contribution in [3.8, 4) is 11.8 Å². The Bertz CT molecular complexity index is 704. The van der Waals surface area contributed by atoms with Gasteiger partial charge in [0.15, 0.2) is 5.13 Å². The van der Waals surface area contributed by atoms with Gasteiger partial charge in [0, 0.05) is 17.5 Å². The molecule has 6 heteroatoms. The highest BCUT2D eigenvalue weighted by atomic mass is 32.1. The van der Waals surface area contributed by atoms with Crippen LogP contribution in [0.15, 0.2) is 24.4 Å². The lowest BCUT2D eigenvalue weighted by atomic mass is 10.1. The molecule has 1 N–H and O–H groups in total. The first-order valence-corrected chi connectivity index (χ1v) is 7.76. The first-order valence-electron chi connectivity index (χ1n) is 6.94. The molecule has 1 amide bonds. The molecule has 1 heterocycles. The molecule has 0 aliphatic carbocycles. The number of nitrogens with one attached hydrogen (secondary N) is 1. The maximum absolute atomic E-state index is 11.7. The van der Waals surface area contributed by atoms with E-state index < -0.39 is 0 Å². The van der Waals surface area contributed by atoms with Gasteiger partial charge in [-0.1, -0.05) is 0 Å². The third-order valence-electron chi connectivity index (χ3n) is 3.00. The van der Waals surface area contributed by atoms with E-state index in [0.717, 1.165) is 10.4 Å². The van der Waals surface area contributed by atoms with Crippen LogP contribution in [0.1, 0.15) is 28.8 Å². The first-order chi connectivity index (χ1) is 10.6. The largest absolute Gasteiger partial charge is 0.494 e. The molecule has 0 spiro atoms. The van der Waals surface area contributed by atoms with Crippen molar-refractivity contribution in [2.24, 2.45) is 0 Å². The zero-order valence-corrected chi connectivity index (χ0v) is 13.4. The predicted molar refractivity (Wildman–Crippen MR) is 86.1 cm³/mol. The number of nitrogens with zero attached hydrogens (tertiary/aromatic N) is 2. The molecule has 0 aliphatic rings. The maximum atomic E-state index is 11.7. The Balaban J connectivity index is 1.72. The molecule has 5 nitrogen and oxygen atoms in total. The molecule has 22 heavy (non-hydrogen) atoms. The van der Waals surface area contributed by atoms with Gasteiger partial charge < -0.3 is 10.1 Å². The molecule has 2 aromatic rings. The van der Waals surface area contributed by atoms with Gasteiger partial charge in [0.05, 0.1) is 18.2 Å². The minimum Gasteiger partial charge on any atom is -0.494 e. The van der Waals surface area contributed by atoms with Crippen LogP contribution in [0.4, 0.5) is 5.13 Å². The van der Waals surface area contributed by atoms with Gasteiger partial charge >= 0.3 is 0 Å². The smallest absolute Gasteiger partial charge is 0.226 e. The second-order valence-corrected chi connectivity index (χ2v) is 6.10. The molecule has 0 saturated heterocycles. The first kappa shape index (κ1) is 16.0. The Kier molecular flexibility index (Phi) is 5.50. The van der Waals surface area contributed by atoms with Gasteiger partial charge in [-0.2, -0.15) is 5.26 Å². The van der Waals surface area contributed by atoms with E-state index in [-0.39, 0.29) is 5.91 Å². The summed E-state index contributed by atoms with van der Waals surface area (Å²) in [4.78, 5) is 16.9. The molecule has 0 saturated carbocycles. The lowest BCUT2D eigenvalue weighted by molar-refractivity contribution is -0.116. The second-order valence-electron chi connectivity index (χ2n) is 4.86. The molecular formula is C16H17N3O2S. The van der Waals surface area contributed by atoms with E-state index in [0.29, 0.717) is 35.9 Å². The summed E-state index contributed by atoms with van der Waals surface area (Å²) in [5.74, 6) is 0.654. The van der Waals surface area contributed by atoms with Crippen LogP contribution in [0.2, 0.25) is 0 Å². The molecule has 1 aromatic heterocycles. The summed E-state index contributed by atoms with van der Waals surface area (Å²) in [5, 5.41) is 12.3. The van der Waals surface area contributed by atoms with Crippen molar-refractivity contribution in [1.29, 1.82) is 5.26 Å². The molecule has 0 unspecified atom stereocenters. The average Bonchev–Trinajstić information content (AvgIpc) is 2.89. The fourth-order valence-corrected chi connectivity index (χ4v) is 2.55. The van der Waals surface area contributed by atoms with Gasteiger partial charge in [-0.3, -0.25) is 4.79 Å². The molecule has 1 aromatic carbocycles. The highest BCUT2D eigenvalue weighted by Gasteiger charge is 2.06. The molecule has 0 bridgehead atoms. The topological polar surface area (TPSA) is 75.0 Å². The summed E-state index contributed by atoms with van der Waals surface area (Å²) >= 11 is 1.46. The Morgan fingerprint density at radius 3 is 2.91 bits per heavy atom. The average molecular weight is 315 g/mol. The minimum absolute atomic E-state index is 0.0611. The van der Waals surface area contributed by atoms with E-state index in [9.17, 15) is 4.79 Å². The van der Waals surface area contributed by atoms with E-state index in [1.54, 1.807) is 18.3 Å². The lowest BCUT2D eigenvalue weighted by Crippen LogP contribution is -2.12. The minimum atomic E-state index is -0.0611. The third-order valence-corrected chi connectivity index (χ3v) is 3.83. The number of carbonyl (C=O) groups is 1. The molecule has 114 valence electrons. The van der Waals surface area contributed by atoms with Crippen molar-refractivity contribution in [1.82, 2.24) is 4.98 Å². The maximum Gasteiger partial charge on any atom is 0.226 e. The van der Waals surface area contributed by atoms with Crippen LogP contribution in [0.3, 0.4) is 0 Å². The summed E-state index contributed by atoms with van der Waals surface area (Å²) in [6, 6.07) is 7.45. The van der Waals surface area contributed by atoms with Crippen molar-refractivity contribution >= 4 is 22.4 Å². The second kappa shape index (κ2) is 7.57. The van der Waals surface area contributed by atoms with Crippen LogP contribution in [-0.2, 0) is 4.79 Å². The molecule has 0 aliphatic heterocycles. The Morgan fingerprint density at radius 1 is 1.45 bits per heavy atom. The quantitative estimate of drug-likeness (QED) is 0.829. The van der Waals surface area contributed by atoms with Crippen molar-refractivity contribution in [3.63, 3.8) is 0 Å². The molecule has 0 radical (unpaired) electrons. The van der Waals surface area contributed by atoms with E-state index in [4.69, 9.17) is 10.00 Å². The van der Waals surface area contributed by atoms with E-state index in [1.165, 1.54) is 11.3 Å². The third kappa shape index (κ3) is 4.57. The van der Waals surface area contributed by atoms with Gasteiger partial charge in [-0.25, -0.2) is 4.98 Å². The molecular weight excluding hydrogens is 298 g/mol. The van der Waals surface area contributed by atoms with Crippen molar-refractivity contribution in [3.05, 3.63) is 40.4 Å². The van der Waals surface area contributed by atoms with Crippen LogP contribution in [0, 0.1) is 25.2 Å². The number of hydrogen-bond donors (Lipinski definition) is 1. The predicted octanol–water partition coefficient (Wildman–Crippen LogP) is 3.43. The van der Waals surface area contributed by atoms with Crippen LogP contribution in [-0.4, -0.2) is 17.5 Å². The number of aromatic nitrogens is 1. The van der Waals surface area contributed by atoms with Gasteiger partial charge in [0.25, 0.3) is 0 Å². The normalized spacial score (nSPS) is 10.0. The van der Waals surface area contributed by atoms with Crippen LogP contribution >= 0.6 is 11.3 Å². The number of benzene rings is 1. The fourth-order valence-electron chi connectivity index (χ4n) is 1.87. The number of aryl methyl sites for hydroxylation is 2. The van der Waals surface area contributed by atoms with Gasteiger partial charge in [-0.15, -0.1) is 11.3 Å². The zero-order chi connectivity index (χ0) is 15.9. The Morgan fingerprint density at radius 2 is 2.27 bits per heavy atom. The Hall–Kier alpha value is -2.39. The fraction of sp³-hybridized carbons (Fsp3) is 0.312. The number of anilines is 1. The van der Waals surface area contributed by atoms with E-state index >= 15 is 0 Å². The monoisotopic (exact) mass is 315 g/mol. The highest BCUT2D eigenvalue weighted by Crippen LogP contribution is 2.18. The summed E-state index contributed by atoms with van der Waals surface area (Å²) in [7, 11) is 0. The van der Waals surface area contributed by atoms with Crippen LogP contribution in [0.25, 0.3) is 0 Å². The van der Waals surface area contributed by atoms with Gasteiger partial charge in [-0.05, 0) is 44.0 Å². The van der Waals surface area contributed by atoms with Crippen molar-refractivity contribution in [2.45, 2.75) is 26.7 Å². The van der Waals surface area contributed by atoms with Gasteiger partial charge in [0.2, 0.25) is 5.91 Å². The highest BCUT2D eigenvalue weighted by molar-refractivity contribution is 7.15. The Labute approximate surface area is 133 Å². The number of rotatable bonds is 6. The number of ether oxygens (including phenoxy) is 1. The summed E-state index contributed by atoms with van der Waals surface area (Å²) < 4.78 is 5.59. The standard InChI is InChI=1S/C16H17N3O2S/c1-11-8-14(6-5-13(11)9-17)21-7-3-4-15(20)19-16-18-10-12(2)22-16/h5-6,8,10H,3-4,7H2,1-2H3,(H,18,19,20). The molecule has 2 rings (SSSR count). The van der Waals surface area contributed by atoms with Crippen LogP contribution < -0.4 is 10.1 Å². The van der Waals surface area contributed by atoms with E-state index in [1.807, 2.05) is 19.9 Å². The molecule has 0 atom stereocenters. The number of amides is 1.